The molecule has 3 aliphatic rings. The van der Waals surface area contributed by atoms with Crippen molar-refractivity contribution in [2.45, 2.75) is 45.6 Å². The molecule has 158 valence electrons. The first-order chi connectivity index (χ1) is 14.3. The minimum absolute atomic E-state index is 0.0453. The Kier molecular flexibility index (Phi) is 5.52. The first kappa shape index (κ1) is 20.8. The van der Waals surface area contributed by atoms with Crippen LogP contribution in [0.15, 0.2) is 12.1 Å². The summed E-state index contributed by atoms with van der Waals surface area (Å²) in [6, 6.07) is 3.89. The Morgan fingerprint density at radius 2 is 1.73 bits per heavy atom. The monoisotopic (exact) mass is 409 g/mol. The molecule has 1 aromatic rings. The molecule has 0 N–H and O–H groups in total. The normalized spacial score (nSPS) is 23.7. The Bertz CT molecular complexity index is 915. The fourth-order valence-corrected chi connectivity index (χ4v) is 5.13. The summed E-state index contributed by atoms with van der Waals surface area (Å²) >= 11 is 0. The molecule has 0 bridgehead atoms. The molecule has 0 radical (unpaired) electrons. The van der Waals surface area contributed by atoms with Crippen LogP contribution in [-0.4, -0.2) is 61.4 Å². The maximum Gasteiger partial charge on any atom is 0.254 e. The standard InChI is InChI=1S/C24H27NO5/c1-4-5-17-8-15(2)21(16(3)9-17)22-18(26)10-24(11-19(22)27)13-25(14-24)23(28)20-12-29-6-7-30-20/h8-9,20,22H,6-7,10-14H2,1-3H3. The summed E-state index contributed by atoms with van der Waals surface area (Å²) in [4.78, 5) is 40.5. The van der Waals surface area contributed by atoms with Gasteiger partial charge in [-0.25, -0.2) is 0 Å². The molecule has 3 fully saturated rings. The van der Waals surface area contributed by atoms with Gasteiger partial charge in [-0.1, -0.05) is 5.92 Å². The van der Waals surface area contributed by atoms with Gasteiger partial charge in [0.15, 0.2) is 6.10 Å². The Balaban J connectivity index is 1.47. The zero-order valence-corrected chi connectivity index (χ0v) is 17.7. The van der Waals surface area contributed by atoms with Crippen molar-refractivity contribution in [3.05, 3.63) is 34.4 Å². The van der Waals surface area contributed by atoms with Crippen molar-refractivity contribution < 1.29 is 23.9 Å². The molecule has 1 amide bonds. The molecule has 1 unspecified atom stereocenters. The number of benzene rings is 1. The minimum Gasteiger partial charge on any atom is -0.376 e. The van der Waals surface area contributed by atoms with E-state index in [-0.39, 0.29) is 24.1 Å². The molecule has 1 aromatic carbocycles. The van der Waals surface area contributed by atoms with Crippen molar-refractivity contribution in [2.24, 2.45) is 5.41 Å². The Labute approximate surface area is 176 Å². The number of nitrogens with zero attached hydrogens (tertiary/aromatic N) is 1. The van der Waals surface area contributed by atoms with Gasteiger partial charge in [-0.2, -0.15) is 0 Å². The molecule has 4 rings (SSSR count). The molecule has 6 heteroatoms. The van der Waals surface area contributed by atoms with Crippen LogP contribution in [-0.2, 0) is 23.9 Å². The maximum atomic E-state index is 13.1. The van der Waals surface area contributed by atoms with E-state index in [1.54, 1.807) is 11.8 Å². The molecule has 6 nitrogen and oxygen atoms in total. The Morgan fingerprint density at radius 1 is 1.10 bits per heavy atom. The fourth-order valence-electron chi connectivity index (χ4n) is 5.13. The van der Waals surface area contributed by atoms with E-state index < -0.39 is 17.4 Å². The Morgan fingerprint density at radius 3 is 2.27 bits per heavy atom. The number of ether oxygens (including phenoxy) is 2. The number of rotatable bonds is 2. The highest BCUT2D eigenvalue weighted by Gasteiger charge is 2.54. The zero-order valence-electron chi connectivity index (χ0n) is 17.7. The third-order valence-corrected chi connectivity index (χ3v) is 6.35. The highest BCUT2D eigenvalue weighted by atomic mass is 16.6. The maximum absolute atomic E-state index is 13.1. The number of carbonyl (C=O) groups is 3. The summed E-state index contributed by atoms with van der Waals surface area (Å²) in [7, 11) is 0. The van der Waals surface area contributed by atoms with E-state index in [0.717, 1.165) is 22.3 Å². The summed E-state index contributed by atoms with van der Waals surface area (Å²) in [5.41, 5.74) is 3.14. The van der Waals surface area contributed by atoms with Crippen molar-refractivity contribution in [1.29, 1.82) is 0 Å². The lowest BCUT2D eigenvalue weighted by molar-refractivity contribution is -0.173. The van der Waals surface area contributed by atoms with E-state index in [4.69, 9.17) is 9.47 Å². The van der Waals surface area contributed by atoms with Crippen molar-refractivity contribution in [2.75, 3.05) is 32.9 Å². The van der Waals surface area contributed by atoms with Crippen molar-refractivity contribution >= 4 is 17.5 Å². The highest BCUT2D eigenvalue weighted by molar-refractivity contribution is 6.11. The van der Waals surface area contributed by atoms with Gasteiger partial charge in [0.05, 0.1) is 19.8 Å². The van der Waals surface area contributed by atoms with Gasteiger partial charge in [0.2, 0.25) is 0 Å². The van der Waals surface area contributed by atoms with Gasteiger partial charge >= 0.3 is 0 Å². The molecule has 1 saturated carbocycles. The topological polar surface area (TPSA) is 72.9 Å². The lowest BCUT2D eigenvalue weighted by atomic mass is 9.63. The molecule has 1 atom stereocenters. The van der Waals surface area contributed by atoms with Gasteiger partial charge < -0.3 is 14.4 Å². The minimum atomic E-state index is -0.709. The first-order valence-corrected chi connectivity index (χ1v) is 10.4. The molecule has 2 saturated heterocycles. The fraction of sp³-hybridized carbons (Fsp3) is 0.542. The number of hydrogen-bond donors (Lipinski definition) is 0. The molecule has 0 aromatic heterocycles. The lowest BCUT2D eigenvalue weighted by Gasteiger charge is -2.53. The average molecular weight is 409 g/mol. The first-order valence-electron chi connectivity index (χ1n) is 10.4. The van der Waals surface area contributed by atoms with Crippen LogP contribution in [0.25, 0.3) is 0 Å². The predicted octanol–water partition coefficient (Wildman–Crippen LogP) is 1.93. The third-order valence-electron chi connectivity index (χ3n) is 6.35. The van der Waals surface area contributed by atoms with Crippen molar-refractivity contribution in [3.8, 4) is 11.8 Å². The second-order valence-corrected chi connectivity index (χ2v) is 8.75. The highest BCUT2D eigenvalue weighted by Crippen LogP contribution is 2.46. The van der Waals surface area contributed by atoms with Gasteiger partial charge in [-0.3, -0.25) is 14.4 Å². The molecule has 30 heavy (non-hydrogen) atoms. The van der Waals surface area contributed by atoms with Crippen LogP contribution in [0.1, 0.15) is 47.9 Å². The zero-order chi connectivity index (χ0) is 21.5. The van der Waals surface area contributed by atoms with Gasteiger partial charge in [-0.15, -0.1) is 5.92 Å². The molecule has 1 spiro atoms. The van der Waals surface area contributed by atoms with Gasteiger partial charge in [0.25, 0.3) is 5.91 Å². The van der Waals surface area contributed by atoms with Crippen LogP contribution in [0.4, 0.5) is 0 Å². The van der Waals surface area contributed by atoms with E-state index in [9.17, 15) is 14.4 Å². The van der Waals surface area contributed by atoms with E-state index in [1.165, 1.54) is 0 Å². The average Bonchev–Trinajstić information content (AvgIpc) is 2.68. The molecule has 2 aliphatic heterocycles. The largest absolute Gasteiger partial charge is 0.376 e. The molecular formula is C24H27NO5. The number of likely N-dealkylation sites (tertiary alicyclic amines) is 1. The van der Waals surface area contributed by atoms with E-state index in [1.807, 2.05) is 26.0 Å². The second kappa shape index (κ2) is 7.98. The SMILES string of the molecule is CC#Cc1cc(C)c(C2C(=O)CC3(CC2=O)CN(C(=O)C2COCCO2)C3)c(C)c1. The Hall–Kier alpha value is -2.49. The van der Waals surface area contributed by atoms with E-state index >= 15 is 0 Å². The van der Waals surface area contributed by atoms with E-state index in [0.29, 0.717) is 39.1 Å². The summed E-state index contributed by atoms with van der Waals surface area (Å²) in [6.07, 6.45) is 0.0729. The lowest BCUT2D eigenvalue weighted by Crippen LogP contribution is -2.64. The quantitative estimate of drug-likeness (QED) is 0.551. The van der Waals surface area contributed by atoms with Gasteiger partial charge in [0.1, 0.15) is 17.5 Å². The van der Waals surface area contributed by atoms with Gasteiger partial charge in [0, 0.05) is 36.9 Å². The predicted molar refractivity (Wildman–Crippen MR) is 110 cm³/mol. The number of amides is 1. The number of aryl methyl sites for hydroxylation is 2. The summed E-state index contributed by atoms with van der Waals surface area (Å²) in [6.45, 7) is 7.69. The number of carbonyl (C=O) groups excluding carboxylic acids is 3. The molecule has 1 aliphatic carbocycles. The van der Waals surface area contributed by atoms with Crippen LogP contribution in [0.2, 0.25) is 0 Å². The van der Waals surface area contributed by atoms with E-state index in [2.05, 4.69) is 11.8 Å². The molecular weight excluding hydrogens is 382 g/mol. The smallest absolute Gasteiger partial charge is 0.254 e. The van der Waals surface area contributed by atoms with Crippen molar-refractivity contribution in [3.63, 3.8) is 0 Å². The van der Waals surface area contributed by atoms with Crippen LogP contribution in [0.3, 0.4) is 0 Å². The third kappa shape index (κ3) is 3.68. The number of Topliss-reactive ketones (excluding diaryl/α,β-unsaturated/α-hetero) is 2. The molecule has 2 heterocycles. The summed E-state index contributed by atoms with van der Waals surface area (Å²) in [5, 5.41) is 0. The van der Waals surface area contributed by atoms with Crippen molar-refractivity contribution in [1.82, 2.24) is 4.90 Å². The van der Waals surface area contributed by atoms with Crippen LogP contribution < -0.4 is 0 Å². The number of ketones is 2. The summed E-state index contributed by atoms with van der Waals surface area (Å²) < 4.78 is 10.8. The van der Waals surface area contributed by atoms with Crippen LogP contribution >= 0.6 is 0 Å². The summed E-state index contributed by atoms with van der Waals surface area (Å²) in [5.74, 6) is 5.01. The van der Waals surface area contributed by atoms with Gasteiger partial charge in [-0.05, 0) is 49.6 Å². The number of hydrogen-bond acceptors (Lipinski definition) is 5. The second-order valence-electron chi connectivity index (χ2n) is 8.75. The van der Waals surface area contributed by atoms with Crippen LogP contribution in [0.5, 0.6) is 0 Å². The van der Waals surface area contributed by atoms with Crippen LogP contribution in [0, 0.1) is 31.1 Å².